The Balaban J connectivity index is 2.44. The molecule has 5 heteroatoms. The molecule has 0 fully saturated rings. The first kappa shape index (κ1) is 12.0. The molecule has 1 heterocycles. The lowest BCUT2D eigenvalue weighted by atomic mass is 10.1. The summed E-state index contributed by atoms with van der Waals surface area (Å²) in [6.45, 7) is 0.543. The monoisotopic (exact) mass is 252 g/mol. The highest BCUT2D eigenvalue weighted by Gasteiger charge is 2.14. The lowest BCUT2D eigenvalue weighted by molar-refractivity contribution is 0.413. The van der Waals surface area contributed by atoms with Gasteiger partial charge < -0.3 is 10.5 Å². The molecular weight excluding hydrogens is 239 g/mol. The summed E-state index contributed by atoms with van der Waals surface area (Å²) in [5.41, 5.74) is 6.48. The van der Waals surface area contributed by atoms with Crippen LogP contribution >= 0.6 is 11.3 Å². The van der Waals surface area contributed by atoms with Crippen LogP contribution in [-0.4, -0.2) is 18.6 Å². The zero-order valence-corrected chi connectivity index (χ0v) is 10.3. The molecule has 2 N–H and O–H groups in total. The number of rotatable bonds is 4. The Bertz CT molecular complexity index is 513. The minimum absolute atomic E-state index is 0.325. The van der Waals surface area contributed by atoms with E-state index in [9.17, 15) is 4.39 Å². The summed E-state index contributed by atoms with van der Waals surface area (Å²) in [4.78, 5) is 4.36. The van der Waals surface area contributed by atoms with Crippen molar-refractivity contribution >= 4 is 11.3 Å². The van der Waals surface area contributed by atoms with E-state index in [0.29, 0.717) is 30.0 Å². The fourth-order valence-corrected chi connectivity index (χ4v) is 2.39. The summed E-state index contributed by atoms with van der Waals surface area (Å²) < 4.78 is 18.9. The fraction of sp³-hybridized carbons (Fsp3) is 0.250. The SMILES string of the molecule is COc1cccc(F)c1-c1csc(CCN)n1. The van der Waals surface area contributed by atoms with Crippen molar-refractivity contribution in [1.82, 2.24) is 4.98 Å². The van der Waals surface area contributed by atoms with Gasteiger partial charge in [-0.25, -0.2) is 9.37 Å². The summed E-state index contributed by atoms with van der Waals surface area (Å²) in [5.74, 6) is 0.170. The highest BCUT2D eigenvalue weighted by atomic mass is 32.1. The van der Waals surface area contributed by atoms with Crippen LogP contribution in [0.5, 0.6) is 5.75 Å². The smallest absolute Gasteiger partial charge is 0.136 e. The summed E-state index contributed by atoms with van der Waals surface area (Å²) >= 11 is 1.48. The Labute approximate surface area is 103 Å². The van der Waals surface area contributed by atoms with Crippen molar-refractivity contribution in [3.63, 3.8) is 0 Å². The van der Waals surface area contributed by atoms with Gasteiger partial charge in [-0.1, -0.05) is 6.07 Å². The van der Waals surface area contributed by atoms with Crippen LogP contribution in [0.2, 0.25) is 0 Å². The standard InChI is InChI=1S/C12H13FN2OS/c1-16-10-4-2-3-8(13)12(10)9-7-17-11(15-9)5-6-14/h2-4,7H,5-6,14H2,1H3. The first-order chi connectivity index (χ1) is 8.26. The third-order valence-corrected chi connectivity index (χ3v) is 3.27. The number of benzene rings is 1. The largest absolute Gasteiger partial charge is 0.496 e. The van der Waals surface area contributed by atoms with E-state index in [0.717, 1.165) is 5.01 Å². The summed E-state index contributed by atoms with van der Waals surface area (Å²) in [7, 11) is 1.52. The van der Waals surface area contributed by atoms with Crippen molar-refractivity contribution in [3.05, 3.63) is 34.4 Å². The topological polar surface area (TPSA) is 48.1 Å². The van der Waals surface area contributed by atoms with Gasteiger partial charge in [0.1, 0.15) is 11.6 Å². The molecule has 0 unspecified atom stereocenters. The molecule has 3 nitrogen and oxygen atoms in total. The van der Waals surface area contributed by atoms with Crippen LogP contribution in [0.15, 0.2) is 23.6 Å². The van der Waals surface area contributed by atoms with E-state index in [1.807, 2.05) is 5.38 Å². The Morgan fingerprint density at radius 2 is 2.29 bits per heavy atom. The van der Waals surface area contributed by atoms with E-state index in [1.165, 1.54) is 24.5 Å². The number of nitrogens with two attached hydrogens (primary N) is 1. The second kappa shape index (κ2) is 5.25. The van der Waals surface area contributed by atoms with Gasteiger partial charge in [0, 0.05) is 11.8 Å². The number of hydrogen-bond donors (Lipinski definition) is 1. The van der Waals surface area contributed by atoms with E-state index < -0.39 is 0 Å². The highest BCUT2D eigenvalue weighted by molar-refractivity contribution is 7.09. The van der Waals surface area contributed by atoms with Gasteiger partial charge in [-0.2, -0.15) is 0 Å². The summed E-state index contributed by atoms with van der Waals surface area (Å²) in [6.07, 6.45) is 0.710. The molecule has 90 valence electrons. The zero-order valence-electron chi connectivity index (χ0n) is 9.44. The van der Waals surface area contributed by atoms with Crippen molar-refractivity contribution < 1.29 is 9.13 Å². The minimum Gasteiger partial charge on any atom is -0.496 e. The van der Waals surface area contributed by atoms with Gasteiger partial charge in [0.25, 0.3) is 0 Å². The second-order valence-corrected chi connectivity index (χ2v) is 4.42. The minimum atomic E-state index is -0.325. The van der Waals surface area contributed by atoms with E-state index in [4.69, 9.17) is 10.5 Å². The number of nitrogens with zero attached hydrogens (tertiary/aromatic N) is 1. The van der Waals surface area contributed by atoms with Gasteiger partial charge >= 0.3 is 0 Å². The molecular formula is C12H13FN2OS. The van der Waals surface area contributed by atoms with Crippen LogP contribution in [0.4, 0.5) is 4.39 Å². The predicted molar refractivity (Wildman–Crippen MR) is 66.8 cm³/mol. The van der Waals surface area contributed by atoms with E-state index in [2.05, 4.69) is 4.98 Å². The van der Waals surface area contributed by atoms with Crippen LogP contribution in [-0.2, 0) is 6.42 Å². The van der Waals surface area contributed by atoms with Gasteiger partial charge in [-0.05, 0) is 18.7 Å². The first-order valence-corrected chi connectivity index (χ1v) is 6.11. The van der Waals surface area contributed by atoms with Crippen LogP contribution in [0.25, 0.3) is 11.3 Å². The molecule has 0 amide bonds. The molecule has 2 aromatic rings. The van der Waals surface area contributed by atoms with Crippen LogP contribution in [0.1, 0.15) is 5.01 Å². The van der Waals surface area contributed by atoms with Crippen LogP contribution in [0.3, 0.4) is 0 Å². The molecule has 0 radical (unpaired) electrons. The number of halogens is 1. The first-order valence-electron chi connectivity index (χ1n) is 5.23. The van der Waals surface area contributed by atoms with Crippen molar-refractivity contribution in [2.24, 2.45) is 5.73 Å². The number of thiazole rings is 1. The van der Waals surface area contributed by atoms with Crippen LogP contribution < -0.4 is 10.5 Å². The van der Waals surface area contributed by atoms with E-state index >= 15 is 0 Å². The predicted octanol–water partition coefficient (Wildman–Crippen LogP) is 2.46. The van der Waals surface area contributed by atoms with Gasteiger partial charge in [0.05, 0.1) is 23.4 Å². The third-order valence-electron chi connectivity index (χ3n) is 2.36. The number of aromatic nitrogens is 1. The maximum Gasteiger partial charge on any atom is 0.136 e. The van der Waals surface area contributed by atoms with E-state index in [1.54, 1.807) is 12.1 Å². The number of ether oxygens (including phenoxy) is 1. The Hall–Kier alpha value is -1.46. The lowest BCUT2D eigenvalue weighted by Crippen LogP contribution is -2.02. The second-order valence-electron chi connectivity index (χ2n) is 3.48. The molecule has 0 spiro atoms. The molecule has 0 saturated heterocycles. The summed E-state index contributed by atoms with van der Waals surface area (Å²) in [5, 5.41) is 2.74. The van der Waals surface area contributed by atoms with Crippen LogP contribution in [0, 0.1) is 5.82 Å². The summed E-state index contributed by atoms with van der Waals surface area (Å²) in [6, 6.07) is 4.74. The molecule has 17 heavy (non-hydrogen) atoms. The van der Waals surface area contributed by atoms with Crippen molar-refractivity contribution in [2.45, 2.75) is 6.42 Å². The molecule has 0 aliphatic heterocycles. The average Bonchev–Trinajstić information content (AvgIpc) is 2.77. The number of hydrogen-bond acceptors (Lipinski definition) is 4. The Morgan fingerprint density at radius 1 is 1.47 bits per heavy atom. The van der Waals surface area contributed by atoms with Gasteiger partial charge in [-0.15, -0.1) is 11.3 Å². The Kier molecular flexibility index (Phi) is 3.71. The third kappa shape index (κ3) is 2.45. The molecule has 1 aromatic carbocycles. The fourth-order valence-electron chi connectivity index (χ4n) is 1.59. The highest BCUT2D eigenvalue weighted by Crippen LogP contribution is 2.33. The van der Waals surface area contributed by atoms with Crippen molar-refractivity contribution in [3.8, 4) is 17.0 Å². The molecule has 1 aromatic heterocycles. The zero-order chi connectivity index (χ0) is 12.3. The molecule has 0 aliphatic carbocycles. The molecule has 2 rings (SSSR count). The average molecular weight is 252 g/mol. The molecule has 0 saturated carbocycles. The molecule has 0 atom stereocenters. The number of methoxy groups -OCH3 is 1. The quantitative estimate of drug-likeness (QED) is 0.909. The molecule has 0 aliphatic rings. The van der Waals surface area contributed by atoms with Crippen molar-refractivity contribution in [1.29, 1.82) is 0 Å². The normalized spacial score (nSPS) is 10.5. The van der Waals surface area contributed by atoms with Gasteiger partial charge in [0.2, 0.25) is 0 Å². The maximum atomic E-state index is 13.8. The lowest BCUT2D eigenvalue weighted by Gasteiger charge is -2.06. The van der Waals surface area contributed by atoms with Crippen molar-refractivity contribution in [2.75, 3.05) is 13.7 Å². The van der Waals surface area contributed by atoms with E-state index in [-0.39, 0.29) is 5.82 Å². The van der Waals surface area contributed by atoms with Gasteiger partial charge in [0.15, 0.2) is 0 Å². The Morgan fingerprint density at radius 3 is 3.00 bits per heavy atom. The molecule has 0 bridgehead atoms. The maximum absolute atomic E-state index is 13.8. The van der Waals surface area contributed by atoms with Gasteiger partial charge in [-0.3, -0.25) is 0 Å².